The molecule has 0 unspecified atom stereocenters. The van der Waals surface area contributed by atoms with Crippen molar-refractivity contribution in [2.75, 3.05) is 0 Å². The van der Waals surface area contributed by atoms with Crippen LogP contribution >= 0.6 is 11.5 Å². The summed E-state index contributed by atoms with van der Waals surface area (Å²) in [5.41, 5.74) is -2.91. The number of alkyl halides is 3. The number of pyridine rings is 1. The molecule has 3 aromatic rings. The minimum atomic E-state index is -4.91. The fourth-order valence-corrected chi connectivity index (χ4v) is 2.73. The van der Waals surface area contributed by atoms with Crippen molar-refractivity contribution in [2.45, 2.75) is 6.18 Å². The van der Waals surface area contributed by atoms with Crippen molar-refractivity contribution in [3.05, 3.63) is 64.4 Å². The van der Waals surface area contributed by atoms with E-state index >= 15 is 0 Å². The standard InChI is InChI=1S/C16H7F5N4O2S/c17-8-4-1-5-9(18)10(8)12-23-15(28-25-12)14(27)24-13(26)7-3-2-6-22-11(7)16(19,20)21/h1-6H,(H,24,26,27). The number of nitrogens with one attached hydrogen (secondary N) is 1. The largest absolute Gasteiger partial charge is 0.434 e. The van der Waals surface area contributed by atoms with E-state index in [1.54, 1.807) is 5.32 Å². The second-order valence-corrected chi connectivity index (χ2v) is 5.95. The quantitative estimate of drug-likeness (QED) is 0.524. The predicted molar refractivity (Wildman–Crippen MR) is 86.3 cm³/mol. The van der Waals surface area contributed by atoms with Gasteiger partial charge < -0.3 is 0 Å². The number of imide groups is 1. The van der Waals surface area contributed by atoms with Gasteiger partial charge in [0, 0.05) is 6.20 Å². The van der Waals surface area contributed by atoms with Crippen LogP contribution in [0, 0.1) is 11.6 Å². The van der Waals surface area contributed by atoms with Gasteiger partial charge in [0.2, 0.25) is 5.01 Å². The third-order valence-corrected chi connectivity index (χ3v) is 4.07. The van der Waals surface area contributed by atoms with Gasteiger partial charge in [0.1, 0.15) is 11.6 Å². The molecule has 6 nitrogen and oxygen atoms in total. The maximum Gasteiger partial charge on any atom is 0.434 e. The van der Waals surface area contributed by atoms with Crippen LogP contribution in [0.1, 0.15) is 25.9 Å². The van der Waals surface area contributed by atoms with E-state index in [4.69, 9.17) is 0 Å². The minimum Gasteiger partial charge on any atom is -0.286 e. The molecule has 3 rings (SSSR count). The molecule has 28 heavy (non-hydrogen) atoms. The first-order valence-corrected chi connectivity index (χ1v) is 8.12. The summed E-state index contributed by atoms with van der Waals surface area (Å²) in [5, 5.41) is 1.25. The van der Waals surface area contributed by atoms with Crippen LogP contribution in [0.2, 0.25) is 0 Å². The second-order valence-electron chi connectivity index (χ2n) is 5.20. The smallest absolute Gasteiger partial charge is 0.286 e. The fraction of sp³-hybridized carbons (Fsp3) is 0.0625. The molecule has 0 spiro atoms. The lowest BCUT2D eigenvalue weighted by Crippen LogP contribution is -2.32. The normalized spacial score (nSPS) is 11.3. The molecule has 0 aliphatic rings. The van der Waals surface area contributed by atoms with Gasteiger partial charge in [0.15, 0.2) is 11.5 Å². The lowest BCUT2D eigenvalue weighted by Gasteiger charge is -2.10. The number of halogens is 5. The number of hydrogen-bond donors (Lipinski definition) is 1. The van der Waals surface area contributed by atoms with Gasteiger partial charge in [-0.05, 0) is 35.8 Å². The molecule has 0 aliphatic carbocycles. The van der Waals surface area contributed by atoms with Crippen molar-refractivity contribution in [1.82, 2.24) is 19.7 Å². The van der Waals surface area contributed by atoms with Gasteiger partial charge in [0.05, 0.1) is 11.1 Å². The molecule has 2 aromatic heterocycles. The molecule has 2 amide bonds. The first-order chi connectivity index (χ1) is 13.2. The Balaban J connectivity index is 1.84. The minimum absolute atomic E-state index is 0.420. The number of nitrogens with zero attached hydrogens (tertiary/aromatic N) is 3. The highest BCUT2D eigenvalue weighted by molar-refractivity contribution is 7.07. The van der Waals surface area contributed by atoms with Crippen LogP contribution < -0.4 is 5.32 Å². The van der Waals surface area contributed by atoms with E-state index in [9.17, 15) is 31.5 Å². The van der Waals surface area contributed by atoms with Gasteiger partial charge in [0.25, 0.3) is 11.8 Å². The van der Waals surface area contributed by atoms with Crippen LogP contribution in [0.15, 0.2) is 36.5 Å². The molecule has 2 heterocycles. The maximum atomic E-state index is 13.8. The van der Waals surface area contributed by atoms with E-state index in [1.165, 1.54) is 0 Å². The monoisotopic (exact) mass is 414 g/mol. The molecule has 1 aromatic carbocycles. The number of hydrogen-bond acceptors (Lipinski definition) is 6. The Bertz CT molecular complexity index is 1050. The molecule has 0 aliphatic heterocycles. The molecule has 12 heteroatoms. The van der Waals surface area contributed by atoms with Crippen molar-refractivity contribution < 1.29 is 31.5 Å². The Kier molecular flexibility index (Phi) is 5.14. The van der Waals surface area contributed by atoms with Crippen molar-refractivity contribution >= 4 is 23.3 Å². The summed E-state index contributed by atoms with van der Waals surface area (Å²) in [7, 11) is 0. The van der Waals surface area contributed by atoms with E-state index in [2.05, 4.69) is 14.3 Å². The van der Waals surface area contributed by atoms with Gasteiger partial charge in [-0.25, -0.2) is 13.8 Å². The molecule has 0 saturated carbocycles. The molecular formula is C16H7F5N4O2S. The molecule has 0 fully saturated rings. The van der Waals surface area contributed by atoms with Crippen LogP contribution in [0.4, 0.5) is 22.0 Å². The zero-order valence-electron chi connectivity index (χ0n) is 13.4. The topological polar surface area (TPSA) is 84.8 Å². The summed E-state index contributed by atoms with van der Waals surface area (Å²) in [6, 6.07) is 4.99. The van der Waals surface area contributed by atoms with Crippen molar-refractivity contribution in [3.8, 4) is 11.4 Å². The maximum absolute atomic E-state index is 13.8. The fourth-order valence-electron chi connectivity index (χ4n) is 2.17. The zero-order valence-corrected chi connectivity index (χ0v) is 14.2. The summed E-state index contributed by atoms with van der Waals surface area (Å²) in [5.74, 6) is -4.91. The number of aromatic nitrogens is 3. The highest BCUT2D eigenvalue weighted by atomic mass is 32.1. The van der Waals surface area contributed by atoms with Gasteiger partial charge in [-0.15, -0.1) is 0 Å². The first-order valence-electron chi connectivity index (χ1n) is 7.34. The molecule has 0 radical (unpaired) electrons. The molecular weight excluding hydrogens is 407 g/mol. The van der Waals surface area contributed by atoms with Crippen molar-refractivity contribution in [3.63, 3.8) is 0 Å². The predicted octanol–water partition coefficient (Wildman–Crippen LogP) is 3.47. The average Bonchev–Trinajstić information content (AvgIpc) is 3.10. The zero-order chi connectivity index (χ0) is 20.5. The third kappa shape index (κ3) is 3.86. The number of amides is 2. The van der Waals surface area contributed by atoms with Gasteiger partial charge in [-0.3, -0.25) is 19.9 Å². The van der Waals surface area contributed by atoms with Gasteiger partial charge in [-0.1, -0.05) is 6.07 Å². The third-order valence-electron chi connectivity index (χ3n) is 3.35. The van der Waals surface area contributed by atoms with Crippen LogP contribution in [-0.2, 0) is 6.18 Å². The highest BCUT2D eigenvalue weighted by Gasteiger charge is 2.37. The van der Waals surface area contributed by atoms with Gasteiger partial charge in [-0.2, -0.15) is 17.5 Å². The van der Waals surface area contributed by atoms with Crippen molar-refractivity contribution in [2.24, 2.45) is 0 Å². The molecule has 144 valence electrons. The summed E-state index contributed by atoms with van der Waals surface area (Å²) >= 11 is 0.420. The second kappa shape index (κ2) is 7.38. The summed E-state index contributed by atoms with van der Waals surface area (Å²) in [4.78, 5) is 30.9. The van der Waals surface area contributed by atoms with E-state index in [0.29, 0.717) is 11.5 Å². The summed E-state index contributed by atoms with van der Waals surface area (Å²) < 4.78 is 69.9. The lowest BCUT2D eigenvalue weighted by molar-refractivity contribution is -0.141. The van der Waals surface area contributed by atoms with E-state index < -0.39 is 57.3 Å². The SMILES string of the molecule is O=C(NC(=O)c1cccnc1C(F)(F)F)c1nc(-c2c(F)cccc2F)ns1. The van der Waals surface area contributed by atoms with Gasteiger partial charge >= 0.3 is 6.18 Å². The van der Waals surface area contributed by atoms with Crippen LogP contribution in [0.3, 0.4) is 0 Å². The molecule has 0 atom stereocenters. The number of benzene rings is 1. The Hall–Kier alpha value is -3.28. The Morgan fingerprint density at radius 2 is 1.68 bits per heavy atom. The lowest BCUT2D eigenvalue weighted by atomic mass is 10.1. The average molecular weight is 414 g/mol. The van der Waals surface area contributed by atoms with Crippen LogP contribution in [-0.4, -0.2) is 26.2 Å². The van der Waals surface area contributed by atoms with E-state index in [1.807, 2.05) is 0 Å². The van der Waals surface area contributed by atoms with Crippen molar-refractivity contribution in [1.29, 1.82) is 0 Å². The van der Waals surface area contributed by atoms with Crippen LogP contribution in [0.25, 0.3) is 11.4 Å². The molecule has 1 N–H and O–H groups in total. The number of carbonyl (C=O) groups is 2. The van der Waals surface area contributed by atoms with E-state index in [0.717, 1.165) is 36.5 Å². The Morgan fingerprint density at radius 1 is 1.00 bits per heavy atom. The highest BCUT2D eigenvalue weighted by Crippen LogP contribution is 2.30. The van der Waals surface area contributed by atoms with E-state index in [-0.39, 0.29) is 0 Å². The number of rotatable bonds is 3. The summed E-state index contributed by atoms with van der Waals surface area (Å²) in [6.07, 6.45) is -4.06. The van der Waals surface area contributed by atoms with Crippen LogP contribution in [0.5, 0.6) is 0 Å². The number of carbonyl (C=O) groups excluding carboxylic acids is 2. The summed E-state index contributed by atoms with van der Waals surface area (Å²) in [6.45, 7) is 0. The first kappa shape index (κ1) is 19.5. The molecule has 0 saturated heterocycles. The Morgan fingerprint density at radius 3 is 2.32 bits per heavy atom. The Labute approximate surface area is 157 Å². The molecule has 0 bridgehead atoms.